The summed E-state index contributed by atoms with van der Waals surface area (Å²) in [6.07, 6.45) is 1.71. The highest BCUT2D eigenvalue weighted by Gasteiger charge is 2.04. The third kappa shape index (κ3) is 1.76. The van der Waals surface area contributed by atoms with E-state index < -0.39 is 0 Å². The Bertz CT molecular complexity index is 369. The van der Waals surface area contributed by atoms with Crippen LogP contribution in [0.3, 0.4) is 0 Å². The number of anilines is 1. The van der Waals surface area contributed by atoms with Gasteiger partial charge in [0, 0.05) is 9.35 Å². The third-order valence-electron chi connectivity index (χ3n) is 1.73. The van der Waals surface area contributed by atoms with Gasteiger partial charge in [0.05, 0.1) is 12.7 Å². The molecule has 68 valence electrons. The fraction of sp³-hybridized carbons (Fsp3) is 0.125. The Hall–Kier alpha value is -0.810. The first-order chi connectivity index (χ1) is 6.27. The number of nitrogens with zero attached hydrogens (tertiary/aromatic N) is 2. The lowest BCUT2D eigenvalue weighted by atomic mass is 10.4. The summed E-state index contributed by atoms with van der Waals surface area (Å²) in [5.74, 6) is 0.695. The number of nitrogens with two attached hydrogens (primary N) is 1. The molecule has 0 spiro atoms. The molecule has 5 heteroatoms. The molecule has 2 N–H and O–H groups in total. The average Bonchev–Trinajstić information content (AvgIpc) is 2.65. The minimum atomic E-state index is 0.695. The molecule has 0 aromatic carbocycles. The zero-order valence-electron chi connectivity index (χ0n) is 6.77. The van der Waals surface area contributed by atoms with Gasteiger partial charge in [-0.25, -0.2) is 4.68 Å². The van der Waals surface area contributed by atoms with Gasteiger partial charge in [0.15, 0.2) is 0 Å². The Morgan fingerprint density at radius 2 is 2.38 bits per heavy atom. The molecule has 0 saturated carbocycles. The van der Waals surface area contributed by atoms with Crippen LogP contribution in [0, 0.1) is 0 Å². The SMILES string of the molecule is Nc1ccnn1Cc1sccc1Br. The van der Waals surface area contributed by atoms with Gasteiger partial charge in [0.2, 0.25) is 0 Å². The molecule has 0 fully saturated rings. The van der Waals surface area contributed by atoms with E-state index in [0.29, 0.717) is 5.82 Å². The summed E-state index contributed by atoms with van der Waals surface area (Å²) in [7, 11) is 0. The second-order valence-electron chi connectivity index (χ2n) is 2.61. The van der Waals surface area contributed by atoms with Crippen LogP contribution in [-0.4, -0.2) is 9.78 Å². The Kier molecular flexibility index (Phi) is 2.37. The van der Waals surface area contributed by atoms with Crippen molar-refractivity contribution >= 4 is 33.1 Å². The molecule has 0 bridgehead atoms. The first-order valence-corrected chi connectivity index (χ1v) is 5.44. The summed E-state index contributed by atoms with van der Waals surface area (Å²) >= 11 is 5.16. The van der Waals surface area contributed by atoms with Gasteiger partial charge in [-0.05, 0) is 33.4 Å². The van der Waals surface area contributed by atoms with Crippen molar-refractivity contribution in [2.45, 2.75) is 6.54 Å². The molecule has 0 aliphatic rings. The molecular formula is C8H8BrN3S. The van der Waals surface area contributed by atoms with E-state index in [2.05, 4.69) is 21.0 Å². The molecular weight excluding hydrogens is 250 g/mol. The van der Waals surface area contributed by atoms with Gasteiger partial charge >= 0.3 is 0 Å². The van der Waals surface area contributed by atoms with E-state index in [1.807, 2.05) is 11.4 Å². The lowest BCUT2D eigenvalue weighted by Crippen LogP contribution is -2.04. The number of hydrogen-bond donors (Lipinski definition) is 1. The zero-order chi connectivity index (χ0) is 9.26. The van der Waals surface area contributed by atoms with Gasteiger partial charge < -0.3 is 5.73 Å². The Morgan fingerprint density at radius 1 is 1.54 bits per heavy atom. The summed E-state index contributed by atoms with van der Waals surface area (Å²) in [6, 6.07) is 3.82. The van der Waals surface area contributed by atoms with Crippen molar-refractivity contribution in [2.24, 2.45) is 0 Å². The van der Waals surface area contributed by atoms with Gasteiger partial charge in [0.25, 0.3) is 0 Å². The second-order valence-corrected chi connectivity index (χ2v) is 4.46. The molecule has 0 aliphatic heterocycles. The van der Waals surface area contributed by atoms with Gasteiger partial charge in [0.1, 0.15) is 5.82 Å². The van der Waals surface area contributed by atoms with Gasteiger partial charge in [-0.15, -0.1) is 11.3 Å². The summed E-state index contributed by atoms with van der Waals surface area (Å²) in [4.78, 5) is 1.23. The van der Waals surface area contributed by atoms with E-state index in [1.165, 1.54) is 4.88 Å². The zero-order valence-corrected chi connectivity index (χ0v) is 9.18. The van der Waals surface area contributed by atoms with Crippen LogP contribution in [-0.2, 0) is 6.54 Å². The smallest absolute Gasteiger partial charge is 0.122 e. The van der Waals surface area contributed by atoms with Crippen LogP contribution in [0.2, 0.25) is 0 Å². The highest BCUT2D eigenvalue weighted by atomic mass is 79.9. The van der Waals surface area contributed by atoms with Crippen LogP contribution in [0.1, 0.15) is 4.88 Å². The Morgan fingerprint density at radius 3 is 2.92 bits per heavy atom. The molecule has 0 atom stereocenters. The molecule has 2 aromatic heterocycles. The van der Waals surface area contributed by atoms with E-state index in [-0.39, 0.29) is 0 Å². The largest absolute Gasteiger partial charge is 0.384 e. The molecule has 2 aromatic rings. The fourth-order valence-corrected chi connectivity index (χ4v) is 2.51. The lowest BCUT2D eigenvalue weighted by Gasteiger charge is -2.01. The van der Waals surface area contributed by atoms with Crippen LogP contribution >= 0.6 is 27.3 Å². The molecule has 0 unspecified atom stereocenters. The number of rotatable bonds is 2. The second kappa shape index (κ2) is 3.51. The van der Waals surface area contributed by atoms with Crippen LogP contribution in [0.15, 0.2) is 28.2 Å². The maximum Gasteiger partial charge on any atom is 0.122 e. The van der Waals surface area contributed by atoms with E-state index >= 15 is 0 Å². The summed E-state index contributed by atoms with van der Waals surface area (Å²) in [5, 5.41) is 6.15. The van der Waals surface area contributed by atoms with E-state index in [4.69, 9.17) is 5.73 Å². The minimum absolute atomic E-state index is 0.695. The number of hydrogen-bond acceptors (Lipinski definition) is 3. The quantitative estimate of drug-likeness (QED) is 0.898. The average molecular weight is 258 g/mol. The van der Waals surface area contributed by atoms with Crippen molar-refractivity contribution in [3.8, 4) is 0 Å². The number of nitrogen functional groups attached to an aromatic ring is 1. The van der Waals surface area contributed by atoms with E-state index in [9.17, 15) is 0 Å². The monoisotopic (exact) mass is 257 g/mol. The predicted molar refractivity (Wildman–Crippen MR) is 57.8 cm³/mol. The summed E-state index contributed by atoms with van der Waals surface area (Å²) in [5.41, 5.74) is 5.70. The van der Waals surface area contributed by atoms with Crippen molar-refractivity contribution in [3.05, 3.63) is 33.1 Å². The minimum Gasteiger partial charge on any atom is -0.384 e. The van der Waals surface area contributed by atoms with Gasteiger partial charge in [-0.3, -0.25) is 0 Å². The first-order valence-electron chi connectivity index (χ1n) is 3.76. The van der Waals surface area contributed by atoms with Crippen molar-refractivity contribution < 1.29 is 0 Å². The van der Waals surface area contributed by atoms with Crippen LogP contribution < -0.4 is 5.73 Å². The van der Waals surface area contributed by atoms with E-state index in [0.717, 1.165) is 11.0 Å². The van der Waals surface area contributed by atoms with Crippen molar-refractivity contribution in [1.29, 1.82) is 0 Å². The van der Waals surface area contributed by atoms with Crippen molar-refractivity contribution in [3.63, 3.8) is 0 Å². The maximum atomic E-state index is 5.70. The molecule has 2 heterocycles. The van der Waals surface area contributed by atoms with Crippen molar-refractivity contribution in [2.75, 3.05) is 5.73 Å². The standard InChI is InChI=1S/C8H8BrN3S/c9-6-2-4-13-7(6)5-12-8(10)1-3-11-12/h1-4H,5,10H2. The third-order valence-corrected chi connectivity index (χ3v) is 3.64. The predicted octanol–water partition coefficient (Wildman–Crippen LogP) is 2.34. The summed E-state index contributed by atoms with van der Waals surface area (Å²) < 4.78 is 2.89. The topological polar surface area (TPSA) is 43.8 Å². The van der Waals surface area contributed by atoms with Gasteiger partial charge in [-0.2, -0.15) is 5.10 Å². The highest BCUT2D eigenvalue weighted by Crippen LogP contribution is 2.23. The number of halogens is 1. The number of aromatic nitrogens is 2. The van der Waals surface area contributed by atoms with Crippen molar-refractivity contribution in [1.82, 2.24) is 9.78 Å². The van der Waals surface area contributed by atoms with Gasteiger partial charge in [-0.1, -0.05) is 0 Å². The van der Waals surface area contributed by atoms with Crippen LogP contribution in [0.25, 0.3) is 0 Å². The first kappa shape index (κ1) is 8.77. The molecule has 0 saturated heterocycles. The molecule has 0 aliphatic carbocycles. The molecule has 0 amide bonds. The Labute approximate surface area is 88.3 Å². The van der Waals surface area contributed by atoms with Crippen LogP contribution in [0.4, 0.5) is 5.82 Å². The summed E-state index contributed by atoms with van der Waals surface area (Å²) in [6.45, 7) is 0.733. The normalized spacial score (nSPS) is 10.5. The maximum absolute atomic E-state index is 5.70. The molecule has 2 rings (SSSR count). The molecule has 13 heavy (non-hydrogen) atoms. The van der Waals surface area contributed by atoms with Crippen LogP contribution in [0.5, 0.6) is 0 Å². The van der Waals surface area contributed by atoms with E-state index in [1.54, 1.807) is 28.3 Å². The Balaban J connectivity index is 2.24. The lowest BCUT2D eigenvalue weighted by molar-refractivity contribution is 0.704. The highest BCUT2D eigenvalue weighted by molar-refractivity contribution is 9.10. The number of thiophene rings is 1. The molecule has 0 radical (unpaired) electrons. The molecule has 3 nitrogen and oxygen atoms in total. The fourth-order valence-electron chi connectivity index (χ4n) is 1.05.